The van der Waals surface area contributed by atoms with Gasteiger partial charge in [-0.15, -0.1) is 0 Å². The van der Waals surface area contributed by atoms with E-state index in [1.54, 1.807) is 0 Å². The standard InChI is InChI=1S/C12H23NO2/c1-4-11(5-1)13-7-3-8-14-10-12-6-2-9-15-12/h11-13H,1-10H2. The second-order valence-corrected chi connectivity index (χ2v) is 4.65. The van der Waals surface area contributed by atoms with Crippen LogP contribution in [0.2, 0.25) is 0 Å². The van der Waals surface area contributed by atoms with E-state index in [1.165, 1.54) is 32.1 Å². The lowest BCUT2D eigenvalue weighted by Gasteiger charge is -2.26. The summed E-state index contributed by atoms with van der Waals surface area (Å²) in [5.74, 6) is 0. The zero-order chi connectivity index (χ0) is 10.3. The van der Waals surface area contributed by atoms with E-state index >= 15 is 0 Å². The average molecular weight is 213 g/mol. The van der Waals surface area contributed by atoms with Gasteiger partial charge >= 0.3 is 0 Å². The van der Waals surface area contributed by atoms with E-state index in [4.69, 9.17) is 9.47 Å². The molecule has 2 rings (SSSR count). The van der Waals surface area contributed by atoms with Gasteiger partial charge in [-0.2, -0.15) is 0 Å². The second kappa shape index (κ2) is 6.46. The van der Waals surface area contributed by atoms with Gasteiger partial charge in [-0.05, 0) is 38.6 Å². The molecule has 0 bridgehead atoms. The molecule has 1 heterocycles. The molecule has 0 radical (unpaired) electrons. The SMILES string of the molecule is C(CNC1CCC1)COCC1CCCO1. The molecular formula is C12H23NO2. The lowest BCUT2D eigenvalue weighted by atomic mass is 9.93. The second-order valence-electron chi connectivity index (χ2n) is 4.65. The van der Waals surface area contributed by atoms with Crippen LogP contribution in [0.5, 0.6) is 0 Å². The molecule has 1 atom stereocenters. The van der Waals surface area contributed by atoms with E-state index in [-0.39, 0.29) is 0 Å². The maximum Gasteiger partial charge on any atom is 0.0809 e. The third-order valence-electron chi connectivity index (χ3n) is 3.33. The van der Waals surface area contributed by atoms with Gasteiger partial charge in [0.2, 0.25) is 0 Å². The van der Waals surface area contributed by atoms with E-state index in [2.05, 4.69) is 5.32 Å². The van der Waals surface area contributed by atoms with Gasteiger partial charge < -0.3 is 14.8 Å². The van der Waals surface area contributed by atoms with E-state index < -0.39 is 0 Å². The van der Waals surface area contributed by atoms with Crippen molar-refractivity contribution in [2.24, 2.45) is 0 Å². The number of nitrogens with one attached hydrogen (secondary N) is 1. The van der Waals surface area contributed by atoms with E-state index in [9.17, 15) is 0 Å². The lowest BCUT2D eigenvalue weighted by Crippen LogP contribution is -2.36. The van der Waals surface area contributed by atoms with Crippen LogP contribution in [0.3, 0.4) is 0 Å². The molecule has 0 aromatic heterocycles. The molecule has 1 aliphatic carbocycles. The highest BCUT2D eigenvalue weighted by atomic mass is 16.5. The topological polar surface area (TPSA) is 30.5 Å². The zero-order valence-corrected chi connectivity index (χ0v) is 9.54. The maximum atomic E-state index is 5.59. The Morgan fingerprint density at radius 3 is 2.80 bits per heavy atom. The monoisotopic (exact) mass is 213 g/mol. The van der Waals surface area contributed by atoms with Gasteiger partial charge in [0, 0.05) is 19.3 Å². The van der Waals surface area contributed by atoms with Crippen LogP contribution >= 0.6 is 0 Å². The smallest absolute Gasteiger partial charge is 0.0809 e. The maximum absolute atomic E-state index is 5.59. The molecule has 0 spiro atoms. The Kier molecular flexibility index (Phi) is 4.90. The van der Waals surface area contributed by atoms with Crippen molar-refractivity contribution in [1.82, 2.24) is 5.32 Å². The van der Waals surface area contributed by atoms with E-state index in [0.717, 1.165) is 38.8 Å². The van der Waals surface area contributed by atoms with E-state index in [1.807, 2.05) is 0 Å². The normalized spacial score (nSPS) is 26.8. The predicted molar refractivity (Wildman–Crippen MR) is 60.1 cm³/mol. The van der Waals surface area contributed by atoms with Crippen LogP contribution in [0, 0.1) is 0 Å². The van der Waals surface area contributed by atoms with Gasteiger partial charge in [0.1, 0.15) is 0 Å². The van der Waals surface area contributed by atoms with Crippen LogP contribution in [0.4, 0.5) is 0 Å². The zero-order valence-electron chi connectivity index (χ0n) is 9.54. The summed E-state index contributed by atoms with van der Waals surface area (Å²) in [6.07, 6.45) is 8.05. The fraction of sp³-hybridized carbons (Fsp3) is 1.00. The third-order valence-corrected chi connectivity index (χ3v) is 3.33. The minimum Gasteiger partial charge on any atom is -0.379 e. The van der Waals surface area contributed by atoms with Crippen LogP contribution in [0.15, 0.2) is 0 Å². The molecule has 3 heteroatoms. The third kappa shape index (κ3) is 4.09. The fourth-order valence-corrected chi connectivity index (χ4v) is 2.08. The average Bonchev–Trinajstić information content (AvgIpc) is 2.66. The Morgan fingerprint density at radius 2 is 2.13 bits per heavy atom. The molecule has 3 nitrogen and oxygen atoms in total. The molecule has 88 valence electrons. The first kappa shape index (κ1) is 11.4. The van der Waals surface area contributed by atoms with Crippen molar-refractivity contribution in [3.05, 3.63) is 0 Å². The van der Waals surface area contributed by atoms with Crippen LogP contribution in [0.25, 0.3) is 0 Å². The Hall–Kier alpha value is -0.120. The molecule has 2 fully saturated rings. The first-order valence-corrected chi connectivity index (χ1v) is 6.38. The minimum atomic E-state index is 0.379. The van der Waals surface area contributed by atoms with Crippen LogP contribution in [0.1, 0.15) is 38.5 Å². The minimum absolute atomic E-state index is 0.379. The van der Waals surface area contributed by atoms with Gasteiger partial charge in [-0.3, -0.25) is 0 Å². The Bertz CT molecular complexity index is 165. The first-order chi connectivity index (χ1) is 7.45. The van der Waals surface area contributed by atoms with Gasteiger partial charge in [0.05, 0.1) is 12.7 Å². The molecule has 0 aromatic rings. The highest BCUT2D eigenvalue weighted by molar-refractivity contribution is 4.75. The molecule has 1 saturated heterocycles. The summed E-state index contributed by atoms with van der Waals surface area (Å²) >= 11 is 0. The van der Waals surface area contributed by atoms with Crippen molar-refractivity contribution in [3.8, 4) is 0 Å². The predicted octanol–water partition coefficient (Wildman–Crippen LogP) is 1.71. The summed E-state index contributed by atoms with van der Waals surface area (Å²) in [6, 6.07) is 0.808. The summed E-state index contributed by atoms with van der Waals surface area (Å²) < 4.78 is 11.1. The van der Waals surface area contributed by atoms with Crippen molar-refractivity contribution >= 4 is 0 Å². The van der Waals surface area contributed by atoms with Gasteiger partial charge in [-0.1, -0.05) is 6.42 Å². The molecule has 0 aromatic carbocycles. The lowest BCUT2D eigenvalue weighted by molar-refractivity contribution is 0.0164. The number of ether oxygens (including phenoxy) is 2. The molecule has 2 aliphatic rings. The molecule has 15 heavy (non-hydrogen) atoms. The number of hydrogen-bond donors (Lipinski definition) is 1. The van der Waals surface area contributed by atoms with Crippen LogP contribution in [-0.2, 0) is 9.47 Å². The first-order valence-electron chi connectivity index (χ1n) is 6.38. The van der Waals surface area contributed by atoms with Crippen molar-refractivity contribution in [2.75, 3.05) is 26.4 Å². The summed E-state index contributed by atoms with van der Waals surface area (Å²) in [5, 5.41) is 3.54. The van der Waals surface area contributed by atoms with Gasteiger partial charge in [0.15, 0.2) is 0 Å². The fourth-order valence-electron chi connectivity index (χ4n) is 2.08. The summed E-state index contributed by atoms with van der Waals surface area (Å²) in [5.41, 5.74) is 0. The Morgan fingerprint density at radius 1 is 1.20 bits per heavy atom. The van der Waals surface area contributed by atoms with Crippen LogP contribution in [-0.4, -0.2) is 38.5 Å². The molecule has 1 N–H and O–H groups in total. The number of rotatable bonds is 7. The number of hydrogen-bond acceptors (Lipinski definition) is 3. The molecule has 1 saturated carbocycles. The Labute approximate surface area is 92.5 Å². The largest absolute Gasteiger partial charge is 0.379 e. The molecular weight excluding hydrogens is 190 g/mol. The molecule has 0 amide bonds. The van der Waals surface area contributed by atoms with Gasteiger partial charge in [0.25, 0.3) is 0 Å². The molecule has 1 unspecified atom stereocenters. The summed E-state index contributed by atoms with van der Waals surface area (Å²) in [7, 11) is 0. The quantitative estimate of drug-likeness (QED) is 0.653. The highest BCUT2D eigenvalue weighted by Gasteiger charge is 2.16. The van der Waals surface area contributed by atoms with E-state index in [0.29, 0.717) is 6.10 Å². The van der Waals surface area contributed by atoms with Crippen molar-refractivity contribution in [2.45, 2.75) is 50.7 Å². The summed E-state index contributed by atoms with van der Waals surface area (Å²) in [6.45, 7) is 3.70. The Balaban J connectivity index is 1.35. The highest BCUT2D eigenvalue weighted by Crippen LogP contribution is 2.17. The summed E-state index contributed by atoms with van der Waals surface area (Å²) in [4.78, 5) is 0. The van der Waals surface area contributed by atoms with Crippen molar-refractivity contribution in [1.29, 1.82) is 0 Å². The molecule has 1 aliphatic heterocycles. The van der Waals surface area contributed by atoms with Crippen molar-refractivity contribution in [3.63, 3.8) is 0 Å². The van der Waals surface area contributed by atoms with Crippen LogP contribution < -0.4 is 5.32 Å². The van der Waals surface area contributed by atoms with Crippen molar-refractivity contribution < 1.29 is 9.47 Å². The van der Waals surface area contributed by atoms with Gasteiger partial charge in [-0.25, -0.2) is 0 Å².